The Morgan fingerprint density at radius 1 is 0.298 bits per heavy atom. The molecule has 0 spiro atoms. The molecule has 1 amide bonds. The molecule has 0 aromatic heterocycles. The molecule has 0 aliphatic heterocycles. The van der Waals surface area contributed by atoms with E-state index in [1.54, 1.807) is 6.08 Å². The predicted molar refractivity (Wildman–Crippen MR) is 416 cm³/mol. The van der Waals surface area contributed by atoms with Gasteiger partial charge in [-0.1, -0.05) is 428 Å². The fourth-order valence-corrected chi connectivity index (χ4v) is 13.5. The van der Waals surface area contributed by atoms with Crippen LogP contribution in [0, 0.1) is 0 Å². The largest absolute Gasteiger partial charge is 0.466 e. The number of carbonyl (C=O) groups excluding carboxylic acids is 2. The van der Waals surface area contributed by atoms with E-state index >= 15 is 0 Å². The molecular formula is C88H167NO5. The van der Waals surface area contributed by atoms with Crippen molar-refractivity contribution in [3.63, 3.8) is 0 Å². The molecule has 6 heteroatoms. The third kappa shape index (κ3) is 78.8. The number of nitrogens with one attached hydrogen (secondary N) is 1. The van der Waals surface area contributed by atoms with Gasteiger partial charge in [-0.05, 0) is 83.5 Å². The summed E-state index contributed by atoms with van der Waals surface area (Å²) in [6, 6.07) is -0.627. The number of rotatable bonds is 81. The van der Waals surface area contributed by atoms with E-state index in [0.717, 1.165) is 51.4 Å². The standard InChI is InChI=1S/C88H167NO5/c1-3-5-7-9-11-13-15-17-19-20-21-22-23-41-44-47-50-53-56-60-64-68-72-76-80-86(91)85(84-90)89-87(92)81-77-73-69-65-61-57-54-51-48-45-42-39-37-35-33-31-29-27-25-24-26-28-30-32-34-36-38-40-43-46-49-52-55-59-63-67-71-75-79-83-94-88(93)82-78-74-70-66-62-58-18-16-14-12-10-8-6-4-2/h10,12,16,18,24-25,76,80,85-86,90-91H,3-9,11,13-15,17,19-23,26-75,77-79,81-84H2,1-2H3,(H,89,92)/b12-10-,18-16-,25-24-,80-76+. The summed E-state index contributed by atoms with van der Waals surface area (Å²) in [4.78, 5) is 24.6. The Hall–Kier alpha value is -2.18. The van der Waals surface area contributed by atoms with Gasteiger partial charge < -0.3 is 20.3 Å². The minimum atomic E-state index is -0.843. The highest BCUT2D eigenvalue weighted by Crippen LogP contribution is 2.20. The maximum Gasteiger partial charge on any atom is 0.305 e. The smallest absolute Gasteiger partial charge is 0.305 e. The number of allylic oxidation sites excluding steroid dienone is 7. The Morgan fingerprint density at radius 2 is 0.543 bits per heavy atom. The molecule has 0 saturated carbocycles. The molecule has 0 heterocycles. The molecule has 0 bridgehead atoms. The fourth-order valence-electron chi connectivity index (χ4n) is 13.5. The van der Waals surface area contributed by atoms with Crippen molar-refractivity contribution in [3.8, 4) is 0 Å². The number of carbonyl (C=O) groups is 2. The topological polar surface area (TPSA) is 95.9 Å². The first-order valence-corrected chi connectivity index (χ1v) is 42.9. The predicted octanol–water partition coefficient (Wildman–Crippen LogP) is 28.7. The Kier molecular flexibility index (Phi) is 81.3. The summed E-state index contributed by atoms with van der Waals surface area (Å²) in [5.41, 5.74) is 0. The number of amides is 1. The SMILES string of the molecule is CCCC/C=C\C/C=C\CCCCCCCC(=O)OCCCCCCCCCCCCCCCCCCCC/C=C\CCCCCCCCCCCCCCCCCCCC(=O)NC(CO)C(O)/C=C/CCCCCCCCCCCCCCCCCCCCCCCC. The fraction of sp³-hybridized carbons (Fsp3) is 0.886. The molecule has 2 unspecified atom stereocenters. The van der Waals surface area contributed by atoms with Gasteiger partial charge in [0.1, 0.15) is 0 Å². The quantitative estimate of drug-likeness (QED) is 0.0320. The number of aliphatic hydroxyl groups is 2. The van der Waals surface area contributed by atoms with Gasteiger partial charge in [0.2, 0.25) is 5.91 Å². The summed E-state index contributed by atoms with van der Waals surface area (Å²) in [6.45, 7) is 4.91. The third-order valence-corrected chi connectivity index (χ3v) is 20.1. The van der Waals surface area contributed by atoms with Gasteiger partial charge in [-0.3, -0.25) is 9.59 Å². The van der Waals surface area contributed by atoms with Crippen molar-refractivity contribution in [2.24, 2.45) is 0 Å². The van der Waals surface area contributed by atoms with E-state index < -0.39 is 12.1 Å². The summed E-state index contributed by atoms with van der Waals surface area (Å²) in [5, 5.41) is 23.3. The molecule has 2 atom stereocenters. The summed E-state index contributed by atoms with van der Waals surface area (Å²) >= 11 is 0. The highest BCUT2D eigenvalue weighted by molar-refractivity contribution is 5.76. The molecule has 0 aromatic rings. The van der Waals surface area contributed by atoms with Gasteiger partial charge in [-0.15, -0.1) is 0 Å². The minimum Gasteiger partial charge on any atom is -0.466 e. The monoisotopic (exact) mass is 1320 g/mol. The summed E-state index contributed by atoms with van der Waals surface area (Å²) in [7, 11) is 0. The molecule has 94 heavy (non-hydrogen) atoms. The van der Waals surface area contributed by atoms with Crippen molar-refractivity contribution in [1.29, 1.82) is 0 Å². The van der Waals surface area contributed by atoms with Crippen molar-refractivity contribution in [3.05, 3.63) is 48.6 Å². The van der Waals surface area contributed by atoms with Gasteiger partial charge in [0, 0.05) is 12.8 Å². The molecule has 0 fully saturated rings. The highest BCUT2D eigenvalue weighted by Gasteiger charge is 2.18. The molecule has 3 N–H and O–H groups in total. The van der Waals surface area contributed by atoms with Gasteiger partial charge >= 0.3 is 5.97 Å². The maximum absolute atomic E-state index is 12.6. The number of aliphatic hydroxyl groups excluding tert-OH is 2. The number of ether oxygens (including phenoxy) is 1. The zero-order valence-electron chi connectivity index (χ0n) is 63.7. The van der Waals surface area contributed by atoms with Gasteiger partial charge in [0.15, 0.2) is 0 Å². The van der Waals surface area contributed by atoms with Crippen LogP contribution in [0.2, 0.25) is 0 Å². The van der Waals surface area contributed by atoms with Crippen LogP contribution >= 0.6 is 0 Å². The van der Waals surface area contributed by atoms with Crippen LogP contribution in [-0.4, -0.2) is 47.4 Å². The highest BCUT2D eigenvalue weighted by atomic mass is 16.5. The van der Waals surface area contributed by atoms with Gasteiger partial charge in [0.05, 0.1) is 25.4 Å². The van der Waals surface area contributed by atoms with E-state index in [0.29, 0.717) is 19.4 Å². The first kappa shape index (κ1) is 91.8. The molecule has 0 aliphatic carbocycles. The van der Waals surface area contributed by atoms with Crippen molar-refractivity contribution in [2.75, 3.05) is 13.2 Å². The summed E-state index contributed by atoms with van der Waals surface area (Å²) in [5.74, 6) is -0.0504. The van der Waals surface area contributed by atoms with E-state index in [1.165, 1.54) is 398 Å². The number of hydrogen-bond donors (Lipinski definition) is 3. The van der Waals surface area contributed by atoms with Crippen LogP contribution in [0.1, 0.15) is 476 Å². The number of unbranched alkanes of at least 4 members (excludes halogenated alkanes) is 64. The van der Waals surface area contributed by atoms with Crippen molar-refractivity contribution >= 4 is 11.9 Å². The van der Waals surface area contributed by atoms with Crippen molar-refractivity contribution < 1.29 is 24.5 Å². The van der Waals surface area contributed by atoms with E-state index in [-0.39, 0.29) is 18.5 Å². The third-order valence-electron chi connectivity index (χ3n) is 20.1. The van der Waals surface area contributed by atoms with Crippen molar-refractivity contribution in [2.45, 2.75) is 488 Å². The van der Waals surface area contributed by atoms with E-state index in [2.05, 4.69) is 55.6 Å². The second-order valence-electron chi connectivity index (χ2n) is 29.5. The summed E-state index contributed by atoms with van der Waals surface area (Å²) < 4.78 is 5.49. The lowest BCUT2D eigenvalue weighted by Gasteiger charge is -2.20. The minimum absolute atomic E-state index is 0.00811. The van der Waals surface area contributed by atoms with Crippen LogP contribution in [0.15, 0.2) is 48.6 Å². The second-order valence-corrected chi connectivity index (χ2v) is 29.5. The van der Waals surface area contributed by atoms with Gasteiger partial charge in [0.25, 0.3) is 0 Å². The average molecular weight is 1320 g/mol. The lowest BCUT2D eigenvalue weighted by atomic mass is 10.0. The molecule has 0 rings (SSSR count). The van der Waals surface area contributed by atoms with Crippen LogP contribution in [0.4, 0.5) is 0 Å². The zero-order chi connectivity index (χ0) is 67.7. The molecule has 0 aliphatic rings. The Labute approximate surface area is 588 Å². The molecule has 554 valence electrons. The van der Waals surface area contributed by atoms with Crippen LogP contribution in [0.3, 0.4) is 0 Å². The molecule has 6 nitrogen and oxygen atoms in total. The lowest BCUT2D eigenvalue weighted by Crippen LogP contribution is -2.45. The Bertz CT molecular complexity index is 1570. The lowest BCUT2D eigenvalue weighted by molar-refractivity contribution is -0.143. The first-order valence-electron chi connectivity index (χ1n) is 42.9. The van der Waals surface area contributed by atoms with Crippen LogP contribution in [0.5, 0.6) is 0 Å². The Morgan fingerprint density at radius 3 is 0.851 bits per heavy atom. The van der Waals surface area contributed by atoms with E-state index in [9.17, 15) is 19.8 Å². The Balaban J connectivity index is 3.35. The summed E-state index contributed by atoms with van der Waals surface area (Å²) in [6.07, 6.45) is 111. The van der Waals surface area contributed by atoms with E-state index in [4.69, 9.17) is 4.74 Å². The second kappa shape index (κ2) is 83.2. The van der Waals surface area contributed by atoms with Crippen molar-refractivity contribution in [1.82, 2.24) is 5.32 Å². The normalized spacial score (nSPS) is 12.7. The van der Waals surface area contributed by atoms with Crippen LogP contribution in [-0.2, 0) is 14.3 Å². The van der Waals surface area contributed by atoms with Crippen LogP contribution < -0.4 is 5.32 Å². The maximum atomic E-state index is 12.6. The number of esters is 1. The zero-order valence-corrected chi connectivity index (χ0v) is 63.7. The molecule has 0 saturated heterocycles. The molecular weight excluding hydrogens is 1150 g/mol. The molecule has 0 aromatic carbocycles. The average Bonchev–Trinajstić information content (AvgIpc) is 3.59. The number of hydrogen-bond acceptors (Lipinski definition) is 5. The van der Waals surface area contributed by atoms with Gasteiger partial charge in [-0.2, -0.15) is 0 Å². The molecule has 0 radical (unpaired) electrons. The first-order chi connectivity index (χ1) is 46.5. The van der Waals surface area contributed by atoms with Crippen LogP contribution in [0.25, 0.3) is 0 Å². The van der Waals surface area contributed by atoms with E-state index in [1.807, 2.05) is 6.08 Å². The van der Waals surface area contributed by atoms with Gasteiger partial charge in [-0.25, -0.2) is 0 Å².